The molecule has 0 spiro atoms. The molecular weight excluding hydrogens is 288 g/mol. The fraction of sp³-hybridized carbons (Fsp3) is 0.929. The van der Waals surface area contributed by atoms with Crippen molar-refractivity contribution >= 4 is 15.8 Å². The van der Waals surface area contributed by atoms with Crippen molar-refractivity contribution in [3.63, 3.8) is 0 Å². The fourth-order valence-electron chi connectivity index (χ4n) is 3.01. The molecule has 1 unspecified atom stereocenters. The Hall–Kier alpha value is -0.820. The van der Waals surface area contributed by atoms with Crippen molar-refractivity contribution in [3.05, 3.63) is 0 Å². The summed E-state index contributed by atoms with van der Waals surface area (Å²) >= 11 is 0. The van der Waals surface area contributed by atoms with E-state index in [-0.39, 0.29) is 0 Å². The van der Waals surface area contributed by atoms with E-state index in [0.29, 0.717) is 24.6 Å². The molecule has 2 aliphatic heterocycles. The van der Waals surface area contributed by atoms with Crippen LogP contribution in [0, 0.1) is 5.92 Å². The van der Waals surface area contributed by atoms with Gasteiger partial charge in [0.15, 0.2) is 15.8 Å². The highest BCUT2D eigenvalue weighted by Crippen LogP contribution is 2.15. The minimum absolute atomic E-state index is 0.297. The molecule has 2 rings (SSSR count). The molecule has 7 heteroatoms. The third-order valence-corrected chi connectivity index (χ3v) is 5.93. The van der Waals surface area contributed by atoms with Gasteiger partial charge in [0.05, 0.1) is 11.5 Å². The van der Waals surface area contributed by atoms with Crippen LogP contribution >= 0.6 is 0 Å². The topological polar surface area (TPSA) is 65.0 Å². The lowest BCUT2D eigenvalue weighted by Gasteiger charge is -2.34. The fourth-order valence-corrected chi connectivity index (χ4v) is 4.29. The Balaban J connectivity index is 1.72. The lowest BCUT2D eigenvalue weighted by molar-refractivity contribution is 0.261. The Morgan fingerprint density at radius 3 is 2.62 bits per heavy atom. The molecule has 122 valence electrons. The van der Waals surface area contributed by atoms with E-state index in [1.54, 1.807) is 0 Å². The summed E-state index contributed by atoms with van der Waals surface area (Å²) in [4.78, 5) is 8.91. The van der Waals surface area contributed by atoms with Crippen LogP contribution in [0.4, 0.5) is 0 Å². The Morgan fingerprint density at radius 2 is 2.00 bits per heavy atom. The van der Waals surface area contributed by atoms with Crippen LogP contribution in [0.3, 0.4) is 0 Å². The van der Waals surface area contributed by atoms with E-state index < -0.39 is 9.84 Å². The smallest absolute Gasteiger partial charge is 0.193 e. The van der Waals surface area contributed by atoms with Crippen molar-refractivity contribution in [2.45, 2.75) is 19.8 Å². The van der Waals surface area contributed by atoms with Gasteiger partial charge >= 0.3 is 0 Å². The van der Waals surface area contributed by atoms with Gasteiger partial charge in [-0.3, -0.25) is 9.89 Å². The molecule has 0 radical (unpaired) electrons. The van der Waals surface area contributed by atoms with Crippen LogP contribution < -0.4 is 5.32 Å². The zero-order valence-corrected chi connectivity index (χ0v) is 14.0. The molecule has 6 nitrogen and oxygen atoms in total. The van der Waals surface area contributed by atoms with Crippen LogP contribution in [0.1, 0.15) is 19.8 Å². The molecule has 21 heavy (non-hydrogen) atoms. The summed E-state index contributed by atoms with van der Waals surface area (Å²) in [5.41, 5.74) is 0. The van der Waals surface area contributed by atoms with Crippen LogP contribution in [0.5, 0.6) is 0 Å². The average Bonchev–Trinajstić information content (AvgIpc) is 2.45. The van der Waals surface area contributed by atoms with Gasteiger partial charge in [-0.2, -0.15) is 0 Å². The van der Waals surface area contributed by atoms with Crippen LogP contribution in [-0.2, 0) is 9.84 Å². The molecule has 0 amide bonds. The van der Waals surface area contributed by atoms with Gasteiger partial charge in [-0.1, -0.05) is 6.92 Å². The molecule has 0 aromatic heterocycles. The largest absolute Gasteiger partial charge is 0.355 e. The molecule has 0 bridgehead atoms. The average molecular weight is 316 g/mol. The maximum atomic E-state index is 11.4. The Kier molecular flexibility index (Phi) is 5.87. The van der Waals surface area contributed by atoms with Crippen LogP contribution in [0.2, 0.25) is 0 Å². The predicted molar refractivity (Wildman–Crippen MR) is 86.4 cm³/mol. The van der Waals surface area contributed by atoms with Crippen molar-refractivity contribution in [2.24, 2.45) is 10.9 Å². The highest BCUT2D eigenvalue weighted by Gasteiger charge is 2.22. The Bertz CT molecular complexity index is 450. The van der Waals surface area contributed by atoms with Gasteiger partial charge in [0.1, 0.15) is 0 Å². The standard InChI is InChI=1S/C14H28N4O2S/c1-13-4-3-6-18(12-13)14(15-2)16-5-7-17-8-10-21(19,20)11-9-17/h13H,3-12H2,1-2H3,(H,15,16). The first kappa shape index (κ1) is 16.5. The lowest BCUT2D eigenvalue weighted by atomic mass is 10.0. The molecule has 0 aromatic rings. The number of likely N-dealkylation sites (tertiary alicyclic amines) is 1. The molecule has 2 heterocycles. The van der Waals surface area contributed by atoms with Gasteiger partial charge in [0.2, 0.25) is 0 Å². The third-order valence-electron chi connectivity index (χ3n) is 4.32. The number of nitrogens with zero attached hydrogens (tertiary/aromatic N) is 3. The normalized spacial score (nSPS) is 27.6. The third kappa shape index (κ3) is 5.14. The predicted octanol–water partition coefficient (Wildman–Crippen LogP) is 0.0241. The summed E-state index contributed by atoms with van der Waals surface area (Å²) in [6.07, 6.45) is 2.53. The lowest BCUT2D eigenvalue weighted by Crippen LogP contribution is -2.49. The molecular formula is C14H28N4O2S. The second-order valence-electron chi connectivity index (χ2n) is 6.16. The number of hydrogen-bond donors (Lipinski definition) is 1. The summed E-state index contributed by atoms with van der Waals surface area (Å²) in [7, 11) is -0.951. The number of hydrogen-bond acceptors (Lipinski definition) is 4. The second kappa shape index (κ2) is 7.45. The number of piperidine rings is 1. The maximum Gasteiger partial charge on any atom is 0.193 e. The first-order valence-electron chi connectivity index (χ1n) is 7.88. The number of nitrogens with one attached hydrogen (secondary N) is 1. The molecule has 0 saturated carbocycles. The Morgan fingerprint density at radius 1 is 1.29 bits per heavy atom. The van der Waals surface area contributed by atoms with E-state index >= 15 is 0 Å². The van der Waals surface area contributed by atoms with Crippen molar-refractivity contribution in [1.29, 1.82) is 0 Å². The highest BCUT2D eigenvalue weighted by molar-refractivity contribution is 7.91. The second-order valence-corrected chi connectivity index (χ2v) is 8.46. The van der Waals surface area contributed by atoms with E-state index in [4.69, 9.17) is 0 Å². The van der Waals surface area contributed by atoms with Crippen LogP contribution in [-0.4, -0.2) is 82.0 Å². The number of sulfone groups is 1. The van der Waals surface area contributed by atoms with E-state index in [2.05, 4.69) is 27.0 Å². The number of guanidine groups is 1. The summed E-state index contributed by atoms with van der Waals surface area (Å²) in [5.74, 6) is 2.30. The minimum Gasteiger partial charge on any atom is -0.355 e. The van der Waals surface area contributed by atoms with Gasteiger partial charge in [-0.25, -0.2) is 8.42 Å². The van der Waals surface area contributed by atoms with E-state index in [0.717, 1.165) is 38.1 Å². The van der Waals surface area contributed by atoms with E-state index in [9.17, 15) is 8.42 Å². The molecule has 1 atom stereocenters. The summed E-state index contributed by atoms with van der Waals surface area (Å²) in [6, 6.07) is 0. The molecule has 2 aliphatic rings. The number of rotatable bonds is 3. The maximum absolute atomic E-state index is 11.4. The molecule has 1 N–H and O–H groups in total. The van der Waals surface area contributed by atoms with Gasteiger partial charge in [-0.15, -0.1) is 0 Å². The van der Waals surface area contributed by atoms with Gasteiger partial charge in [0, 0.05) is 46.3 Å². The van der Waals surface area contributed by atoms with Crippen LogP contribution in [0.25, 0.3) is 0 Å². The monoisotopic (exact) mass is 316 g/mol. The summed E-state index contributed by atoms with van der Waals surface area (Å²) < 4.78 is 22.8. The molecule has 2 saturated heterocycles. The summed E-state index contributed by atoms with van der Waals surface area (Å²) in [5, 5.41) is 3.41. The van der Waals surface area contributed by atoms with Crippen molar-refractivity contribution in [3.8, 4) is 0 Å². The zero-order chi connectivity index (χ0) is 15.3. The Labute approximate surface area is 128 Å². The molecule has 2 fully saturated rings. The van der Waals surface area contributed by atoms with E-state index in [1.807, 2.05) is 7.05 Å². The van der Waals surface area contributed by atoms with Crippen LogP contribution in [0.15, 0.2) is 4.99 Å². The van der Waals surface area contributed by atoms with E-state index in [1.165, 1.54) is 12.8 Å². The van der Waals surface area contributed by atoms with Gasteiger partial charge in [0.25, 0.3) is 0 Å². The van der Waals surface area contributed by atoms with Crippen molar-refractivity contribution in [1.82, 2.24) is 15.1 Å². The minimum atomic E-state index is -2.78. The number of aliphatic imine (C=N–C) groups is 1. The van der Waals surface area contributed by atoms with Crippen molar-refractivity contribution < 1.29 is 8.42 Å². The van der Waals surface area contributed by atoms with Gasteiger partial charge < -0.3 is 10.2 Å². The quantitative estimate of drug-likeness (QED) is 0.588. The molecule has 0 aromatic carbocycles. The van der Waals surface area contributed by atoms with Gasteiger partial charge in [-0.05, 0) is 18.8 Å². The van der Waals surface area contributed by atoms with Crippen molar-refractivity contribution in [2.75, 3.05) is 57.8 Å². The molecule has 0 aliphatic carbocycles. The summed E-state index contributed by atoms with van der Waals surface area (Å²) in [6.45, 7) is 7.43. The zero-order valence-electron chi connectivity index (χ0n) is 13.2. The first-order chi connectivity index (χ1) is 10.00. The highest BCUT2D eigenvalue weighted by atomic mass is 32.2. The SMILES string of the molecule is CN=C(NCCN1CCS(=O)(=O)CC1)N1CCCC(C)C1. The first-order valence-corrected chi connectivity index (χ1v) is 9.71.